The Labute approximate surface area is 118 Å². The number of rotatable bonds is 4. The second kappa shape index (κ2) is 5.75. The van der Waals surface area contributed by atoms with Crippen LogP contribution < -0.4 is 15.8 Å². The van der Waals surface area contributed by atoms with Crippen molar-refractivity contribution in [3.8, 4) is 5.75 Å². The van der Waals surface area contributed by atoms with Gasteiger partial charge in [0.25, 0.3) is 0 Å². The second-order valence-electron chi connectivity index (χ2n) is 3.84. The molecule has 7 heteroatoms. The number of nitrogens with zero attached hydrogens (tertiary/aromatic N) is 2. The van der Waals surface area contributed by atoms with Crippen LogP contribution in [0.15, 0.2) is 34.9 Å². The number of carbonyl (C=O) groups is 1. The van der Waals surface area contributed by atoms with Crippen molar-refractivity contribution in [1.29, 1.82) is 0 Å². The van der Waals surface area contributed by atoms with E-state index in [-0.39, 0.29) is 12.5 Å². The van der Waals surface area contributed by atoms with Crippen molar-refractivity contribution in [2.45, 2.75) is 6.54 Å². The summed E-state index contributed by atoms with van der Waals surface area (Å²) < 4.78 is 7.22. The number of hydrogen-bond acceptors (Lipinski definition) is 4. The first-order chi connectivity index (χ1) is 9.08. The number of amides is 1. The molecule has 0 unspecified atom stereocenters. The average Bonchev–Trinajstić information content (AvgIpc) is 2.68. The summed E-state index contributed by atoms with van der Waals surface area (Å²) in [6.45, 7) is 0.0903. The number of methoxy groups -OCH3 is 1. The Morgan fingerprint density at radius 2 is 2.37 bits per heavy atom. The van der Waals surface area contributed by atoms with E-state index in [1.807, 2.05) is 0 Å². The van der Waals surface area contributed by atoms with Gasteiger partial charge in [0.1, 0.15) is 12.3 Å². The van der Waals surface area contributed by atoms with Gasteiger partial charge in [-0.3, -0.25) is 9.48 Å². The summed E-state index contributed by atoms with van der Waals surface area (Å²) >= 11 is 3.24. The Kier molecular flexibility index (Phi) is 4.06. The van der Waals surface area contributed by atoms with E-state index in [1.54, 1.807) is 37.6 Å². The highest BCUT2D eigenvalue weighted by Gasteiger charge is 2.07. The van der Waals surface area contributed by atoms with Crippen molar-refractivity contribution in [3.63, 3.8) is 0 Å². The van der Waals surface area contributed by atoms with E-state index in [4.69, 9.17) is 10.5 Å². The first-order valence-electron chi connectivity index (χ1n) is 5.51. The predicted molar refractivity (Wildman–Crippen MR) is 76.0 cm³/mol. The van der Waals surface area contributed by atoms with Gasteiger partial charge >= 0.3 is 0 Å². The number of halogens is 1. The number of nitrogen functional groups attached to an aromatic ring is 1. The standard InChI is InChI=1S/C12H13BrN4O2/c1-19-9-4-2-3-8(5-9)15-11(18)7-17-6-10(13)12(14)16-17/h2-6H,7H2,1H3,(H2,14,16)(H,15,18). The van der Waals surface area contributed by atoms with E-state index >= 15 is 0 Å². The molecule has 0 radical (unpaired) electrons. The Morgan fingerprint density at radius 1 is 1.58 bits per heavy atom. The summed E-state index contributed by atoms with van der Waals surface area (Å²) in [6.07, 6.45) is 1.65. The number of anilines is 2. The number of nitrogens with two attached hydrogens (primary N) is 1. The highest BCUT2D eigenvalue weighted by Crippen LogP contribution is 2.18. The highest BCUT2D eigenvalue weighted by molar-refractivity contribution is 9.10. The van der Waals surface area contributed by atoms with Crippen molar-refractivity contribution in [1.82, 2.24) is 9.78 Å². The van der Waals surface area contributed by atoms with Crippen LogP contribution in [0.4, 0.5) is 11.5 Å². The van der Waals surface area contributed by atoms with E-state index in [2.05, 4.69) is 26.3 Å². The Balaban J connectivity index is 2.00. The van der Waals surface area contributed by atoms with Crippen LogP contribution in [0.5, 0.6) is 5.75 Å². The molecule has 0 saturated carbocycles. The minimum Gasteiger partial charge on any atom is -0.497 e. The van der Waals surface area contributed by atoms with E-state index in [0.717, 1.165) is 0 Å². The van der Waals surface area contributed by atoms with Gasteiger partial charge in [-0.15, -0.1) is 0 Å². The minimum absolute atomic E-state index is 0.0903. The molecule has 1 amide bonds. The first-order valence-corrected chi connectivity index (χ1v) is 6.30. The molecule has 1 heterocycles. The molecule has 2 aromatic rings. The average molecular weight is 325 g/mol. The van der Waals surface area contributed by atoms with Gasteiger partial charge in [-0.05, 0) is 28.1 Å². The van der Waals surface area contributed by atoms with Gasteiger partial charge in [-0.2, -0.15) is 5.10 Å². The fourth-order valence-electron chi connectivity index (χ4n) is 1.54. The number of carbonyl (C=O) groups excluding carboxylic acids is 1. The molecule has 2 rings (SSSR count). The Bertz CT molecular complexity index is 578. The molecule has 0 atom stereocenters. The molecule has 1 aromatic carbocycles. The normalized spacial score (nSPS) is 10.2. The number of ether oxygens (including phenoxy) is 1. The fourth-order valence-corrected chi connectivity index (χ4v) is 1.86. The summed E-state index contributed by atoms with van der Waals surface area (Å²) in [5.41, 5.74) is 6.25. The third-order valence-electron chi connectivity index (χ3n) is 2.40. The molecule has 1 aromatic heterocycles. The largest absolute Gasteiger partial charge is 0.497 e. The highest BCUT2D eigenvalue weighted by atomic mass is 79.9. The summed E-state index contributed by atoms with van der Waals surface area (Å²) in [5, 5.41) is 6.75. The summed E-state index contributed by atoms with van der Waals surface area (Å²) in [7, 11) is 1.57. The molecule has 0 saturated heterocycles. The van der Waals surface area contributed by atoms with Gasteiger partial charge < -0.3 is 15.8 Å². The topological polar surface area (TPSA) is 82.2 Å². The van der Waals surface area contributed by atoms with Crippen LogP contribution in [0.2, 0.25) is 0 Å². The zero-order chi connectivity index (χ0) is 13.8. The van der Waals surface area contributed by atoms with E-state index in [0.29, 0.717) is 21.7 Å². The molecule has 100 valence electrons. The lowest BCUT2D eigenvalue weighted by atomic mass is 10.3. The SMILES string of the molecule is COc1cccc(NC(=O)Cn2cc(Br)c(N)n2)c1. The fraction of sp³-hybridized carbons (Fsp3) is 0.167. The van der Waals surface area contributed by atoms with E-state index in [9.17, 15) is 4.79 Å². The van der Waals surface area contributed by atoms with Gasteiger partial charge in [0.05, 0.1) is 11.6 Å². The molecule has 19 heavy (non-hydrogen) atoms. The monoisotopic (exact) mass is 324 g/mol. The van der Waals surface area contributed by atoms with Gasteiger partial charge in [0.2, 0.25) is 5.91 Å². The van der Waals surface area contributed by atoms with Crippen molar-refractivity contribution < 1.29 is 9.53 Å². The van der Waals surface area contributed by atoms with Crippen LogP contribution in [0.1, 0.15) is 0 Å². The van der Waals surface area contributed by atoms with Crippen LogP contribution in [0.3, 0.4) is 0 Å². The maximum atomic E-state index is 11.8. The summed E-state index contributed by atoms with van der Waals surface area (Å²) in [5.74, 6) is 0.848. The molecule has 3 N–H and O–H groups in total. The van der Waals surface area contributed by atoms with Gasteiger partial charge in [0.15, 0.2) is 5.82 Å². The molecular formula is C12H13BrN4O2. The Morgan fingerprint density at radius 3 is 3.00 bits per heavy atom. The summed E-state index contributed by atoms with van der Waals surface area (Å²) in [4.78, 5) is 11.8. The van der Waals surface area contributed by atoms with E-state index < -0.39 is 0 Å². The lowest BCUT2D eigenvalue weighted by Crippen LogP contribution is -2.19. The van der Waals surface area contributed by atoms with Gasteiger partial charge in [0, 0.05) is 18.0 Å². The van der Waals surface area contributed by atoms with Crippen molar-refractivity contribution in [2.75, 3.05) is 18.2 Å². The van der Waals surface area contributed by atoms with Crippen LogP contribution in [-0.4, -0.2) is 22.8 Å². The molecule has 0 spiro atoms. The van der Waals surface area contributed by atoms with Gasteiger partial charge in [-0.1, -0.05) is 6.07 Å². The third-order valence-corrected chi connectivity index (χ3v) is 3.01. The zero-order valence-electron chi connectivity index (χ0n) is 10.3. The van der Waals surface area contributed by atoms with Crippen molar-refractivity contribution in [2.24, 2.45) is 0 Å². The zero-order valence-corrected chi connectivity index (χ0v) is 11.8. The van der Waals surface area contributed by atoms with E-state index in [1.165, 1.54) is 4.68 Å². The molecule has 0 fully saturated rings. The number of aromatic nitrogens is 2. The molecular weight excluding hydrogens is 312 g/mol. The van der Waals surface area contributed by atoms with Crippen LogP contribution in [0, 0.1) is 0 Å². The maximum Gasteiger partial charge on any atom is 0.246 e. The van der Waals surface area contributed by atoms with Crippen molar-refractivity contribution in [3.05, 3.63) is 34.9 Å². The molecule has 0 aliphatic heterocycles. The van der Waals surface area contributed by atoms with Crippen LogP contribution in [-0.2, 0) is 11.3 Å². The lowest BCUT2D eigenvalue weighted by molar-refractivity contribution is -0.116. The maximum absolute atomic E-state index is 11.8. The van der Waals surface area contributed by atoms with Crippen molar-refractivity contribution >= 4 is 33.3 Å². The molecule has 0 bridgehead atoms. The van der Waals surface area contributed by atoms with Crippen LogP contribution >= 0.6 is 15.9 Å². The summed E-state index contributed by atoms with van der Waals surface area (Å²) in [6, 6.07) is 7.14. The second-order valence-corrected chi connectivity index (χ2v) is 4.69. The first kappa shape index (κ1) is 13.4. The van der Waals surface area contributed by atoms with Crippen LogP contribution in [0.25, 0.3) is 0 Å². The number of benzene rings is 1. The Hall–Kier alpha value is -2.02. The molecule has 0 aliphatic carbocycles. The van der Waals surface area contributed by atoms with Gasteiger partial charge in [-0.25, -0.2) is 0 Å². The third kappa shape index (κ3) is 3.47. The lowest BCUT2D eigenvalue weighted by Gasteiger charge is -2.06. The quantitative estimate of drug-likeness (QED) is 0.899. The molecule has 6 nitrogen and oxygen atoms in total. The predicted octanol–water partition coefficient (Wildman–Crippen LogP) is 1.88. The number of nitrogens with one attached hydrogen (secondary N) is 1. The minimum atomic E-state index is -0.191. The number of hydrogen-bond donors (Lipinski definition) is 2. The molecule has 0 aliphatic rings. The smallest absolute Gasteiger partial charge is 0.246 e.